The summed E-state index contributed by atoms with van der Waals surface area (Å²) >= 11 is 0. The van der Waals surface area contributed by atoms with E-state index in [4.69, 9.17) is 15.7 Å². The van der Waals surface area contributed by atoms with Gasteiger partial charge in [-0.2, -0.15) is 0 Å². The van der Waals surface area contributed by atoms with Gasteiger partial charge in [0.2, 0.25) is 0 Å². The predicted molar refractivity (Wildman–Crippen MR) is 172 cm³/mol. The number of nitrogens with two attached hydrogens (primary N) is 1. The van der Waals surface area contributed by atoms with Crippen molar-refractivity contribution in [3.63, 3.8) is 0 Å². The van der Waals surface area contributed by atoms with Gasteiger partial charge in [0, 0.05) is 22.2 Å². The normalized spacial score (nSPS) is 11.5. The van der Waals surface area contributed by atoms with Crippen molar-refractivity contribution in [3.05, 3.63) is 139 Å². The number of hydrogen-bond donors (Lipinski definition) is 1. The van der Waals surface area contributed by atoms with Crippen molar-refractivity contribution in [2.75, 3.05) is 5.73 Å². The Labute approximate surface area is 239 Å². The molecule has 41 heavy (non-hydrogen) atoms. The first-order valence-corrected chi connectivity index (χ1v) is 13.8. The Bertz CT molecular complexity index is 2060. The first-order chi connectivity index (χ1) is 20.2. The van der Waals surface area contributed by atoms with Crippen molar-refractivity contribution in [2.45, 2.75) is 6.92 Å². The second kappa shape index (κ2) is 10.2. The largest absolute Gasteiger partial charge is 0.396 e. The molecule has 0 unspecified atom stereocenters. The lowest BCUT2D eigenvalue weighted by Crippen LogP contribution is -1.98. The number of nitrogens with zero attached hydrogens (tertiary/aromatic N) is 3. The highest BCUT2D eigenvalue weighted by Gasteiger charge is 2.15. The van der Waals surface area contributed by atoms with Gasteiger partial charge in [-0.15, -0.1) is 0 Å². The van der Waals surface area contributed by atoms with Crippen LogP contribution in [0.2, 0.25) is 0 Å². The molecule has 0 amide bonds. The van der Waals surface area contributed by atoms with Crippen LogP contribution in [0.1, 0.15) is 12.6 Å². The van der Waals surface area contributed by atoms with E-state index in [1.807, 2.05) is 49.4 Å². The quantitative estimate of drug-likeness (QED) is 0.242. The molecule has 0 saturated carbocycles. The molecule has 4 aromatic carbocycles. The zero-order chi connectivity index (χ0) is 27.8. The molecule has 3 heterocycles. The maximum absolute atomic E-state index is 6.54. The fraction of sp³-hybridized carbons (Fsp3) is 0.0270. The molecule has 0 aliphatic rings. The lowest BCUT2D eigenvalue weighted by Gasteiger charge is -2.11. The SMILES string of the molecule is C/C=C\c1c(N)c2ccccc2n1-c1ccc(-c2cccc(-c3cccc(-c4cccc5ccccc45)n3)n2)cc1. The van der Waals surface area contributed by atoms with Gasteiger partial charge in [0.05, 0.1) is 39.7 Å². The van der Waals surface area contributed by atoms with Crippen LogP contribution < -0.4 is 5.73 Å². The molecule has 0 bridgehead atoms. The van der Waals surface area contributed by atoms with E-state index >= 15 is 0 Å². The van der Waals surface area contributed by atoms with Crippen LogP contribution in [0.4, 0.5) is 5.69 Å². The maximum atomic E-state index is 6.54. The molecule has 7 rings (SSSR count). The average molecular weight is 529 g/mol. The minimum atomic E-state index is 0.787. The third-order valence-corrected chi connectivity index (χ3v) is 7.52. The van der Waals surface area contributed by atoms with Crippen molar-refractivity contribution in [1.82, 2.24) is 14.5 Å². The van der Waals surface area contributed by atoms with Crippen LogP contribution in [0.25, 0.3) is 67.3 Å². The van der Waals surface area contributed by atoms with E-state index < -0.39 is 0 Å². The van der Waals surface area contributed by atoms with E-state index in [2.05, 4.69) is 102 Å². The summed E-state index contributed by atoms with van der Waals surface area (Å²) in [5.41, 5.74) is 16.1. The first-order valence-electron chi connectivity index (χ1n) is 13.8. The Morgan fingerprint density at radius 3 is 1.98 bits per heavy atom. The van der Waals surface area contributed by atoms with E-state index in [0.717, 1.165) is 61.9 Å². The van der Waals surface area contributed by atoms with Crippen molar-refractivity contribution >= 4 is 33.4 Å². The van der Waals surface area contributed by atoms with Gasteiger partial charge in [-0.25, -0.2) is 9.97 Å². The van der Waals surface area contributed by atoms with E-state index in [-0.39, 0.29) is 0 Å². The van der Waals surface area contributed by atoms with Crippen LogP contribution in [0, 0.1) is 0 Å². The number of aromatic nitrogens is 3. The topological polar surface area (TPSA) is 56.7 Å². The Balaban J connectivity index is 1.25. The fourth-order valence-electron chi connectivity index (χ4n) is 5.58. The maximum Gasteiger partial charge on any atom is 0.0893 e. The molecule has 0 atom stereocenters. The molecule has 0 aliphatic carbocycles. The monoisotopic (exact) mass is 528 g/mol. The molecule has 7 aromatic rings. The lowest BCUT2D eigenvalue weighted by molar-refractivity contribution is 1.11. The first kappa shape index (κ1) is 24.6. The van der Waals surface area contributed by atoms with Crippen LogP contribution in [0.15, 0.2) is 133 Å². The number of anilines is 1. The highest BCUT2D eigenvalue weighted by Crippen LogP contribution is 2.34. The molecular formula is C37H28N4. The average Bonchev–Trinajstić information content (AvgIpc) is 3.32. The van der Waals surface area contributed by atoms with Crippen LogP contribution in [0.3, 0.4) is 0 Å². The molecule has 0 radical (unpaired) electrons. The summed E-state index contributed by atoms with van der Waals surface area (Å²) in [5, 5.41) is 3.45. The van der Waals surface area contributed by atoms with E-state index in [0.29, 0.717) is 0 Å². The summed E-state index contributed by atoms with van der Waals surface area (Å²) in [6.45, 7) is 2.01. The number of fused-ring (bicyclic) bond motifs is 2. The minimum absolute atomic E-state index is 0.787. The highest BCUT2D eigenvalue weighted by atomic mass is 15.0. The standard InChI is InChI=1S/C37H28N4/c1-2-10-36-37(38)30-14-5-6-20-35(30)41(36)27-23-21-26(22-24-27)31-16-8-18-33(39-31)34-19-9-17-32(40-34)29-15-7-12-25-11-3-4-13-28(25)29/h2-24H,38H2,1H3/b10-2-. The molecule has 4 heteroatoms. The van der Waals surface area contributed by atoms with Crippen molar-refractivity contribution in [2.24, 2.45) is 0 Å². The smallest absolute Gasteiger partial charge is 0.0893 e. The van der Waals surface area contributed by atoms with Crippen molar-refractivity contribution in [3.8, 4) is 39.6 Å². The fourth-order valence-corrected chi connectivity index (χ4v) is 5.58. The molecule has 0 fully saturated rings. The van der Waals surface area contributed by atoms with Gasteiger partial charge in [-0.1, -0.05) is 91.0 Å². The third-order valence-electron chi connectivity index (χ3n) is 7.52. The number of pyridine rings is 2. The van der Waals surface area contributed by atoms with Crippen LogP contribution >= 0.6 is 0 Å². The Hall–Kier alpha value is -5.48. The number of para-hydroxylation sites is 1. The van der Waals surface area contributed by atoms with Crippen LogP contribution in [-0.4, -0.2) is 14.5 Å². The van der Waals surface area contributed by atoms with Crippen LogP contribution in [-0.2, 0) is 0 Å². The summed E-state index contributed by atoms with van der Waals surface area (Å²) in [7, 11) is 0. The summed E-state index contributed by atoms with van der Waals surface area (Å²) in [6.07, 6.45) is 4.09. The molecule has 4 nitrogen and oxygen atoms in total. The van der Waals surface area contributed by atoms with Gasteiger partial charge in [0.1, 0.15) is 0 Å². The second-order valence-corrected chi connectivity index (χ2v) is 10.0. The van der Waals surface area contributed by atoms with Gasteiger partial charge in [-0.3, -0.25) is 0 Å². The van der Waals surface area contributed by atoms with Crippen LogP contribution in [0.5, 0.6) is 0 Å². The molecule has 2 N–H and O–H groups in total. The number of benzene rings is 4. The Kier molecular flexibility index (Phi) is 6.14. The molecule has 196 valence electrons. The molecule has 3 aromatic heterocycles. The summed E-state index contributed by atoms with van der Waals surface area (Å²) < 4.78 is 2.21. The Morgan fingerprint density at radius 2 is 1.20 bits per heavy atom. The zero-order valence-corrected chi connectivity index (χ0v) is 22.7. The molecular weight excluding hydrogens is 500 g/mol. The summed E-state index contributed by atoms with van der Waals surface area (Å²) in [4.78, 5) is 10.0. The van der Waals surface area contributed by atoms with Gasteiger partial charge >= 0.3 is 0 Å². The summed E-state index contributed by atoms with van der Waals surface area (Å²) in [6, 6.07) is 43.7. The van der Waals surface area contributed by atoms with Crippen molar-refractivity contribution < 1.29 is 0 Å². The van der Waals surface area contributed by atoms with Gasteiger partial charge < -0.3 is 10.3 Å². The highest BCUT2D eigenvalue weighted by molar-refractivity contribution is 5.98. The second-order valence-electron chi connectivity index (χ2n) is 10.0. The minimum Gasteiger partial charge on any atom is -0.396 e. The van der Waals surface area contributed by atoms with E-state index in [9.17, 15) is 0 Å². The van der Waals surface area contributed by atoms with E-state index in [1.54, 1.807) is 0 Å². The molecule has 0 aliphatic heterocycles. The van der Waals surface area contributed by atoms with Gasteiger partial charge in [0.15, 0.2) is 0 Å². The third kappa shape index (κ3) is 4.36. The van der Waals surface area contributed by atoms with Gasteiger partial charge in [-0.05, 0) is 66.2 Å². The Morgan fingerprint density at radius 1 is 0.585 bits per heavy atom. The predicted octanol–water partition coefficient (Wildman–Crippen LogP) is 9.19. The number of hydrogen-bond acceptors (Lipinski definition) is 3. The lowest BCUT2D eigenvalue weighted by atomic mass is 10.0. The van der Waals surface area contributed by atoms with E-state index in [1.165, 1.54) is 10.8 Å². The number of rotatable bonds is 5. The zero-order valence-electron chi connectivity index (χ0n) is 22.7. The number of nitrogen functional groups attached to an aromatic ring is 1. The number of allylic oxidation sites excluding steroid dienone is 1. The summed E-state index contributed by atoms with van der Waals surface area (Å²) in [5.74, 6) is 0. The van der Waals surface area contributed by atoms with Gasteiger partial charge in [0.25, 0.3) is 0 Å². The molecule has 0 saturated heterocycles. The van der Waals surface area contributed by atoms with Crippen molar-refractivity contribution in [1.29, 1.82) is 0 Å². The molecule has 0 spiro atoms.